The molecule has 9 heteroatoms. The van der Waals surface area contributed by atoms with E-state index in [0.29, 0.717) is 38.1 Å². The number of hydrogen-bond donors (Lipinski definition) is 3. The number of ether oxygens (including phenoxy) is 1. The predicted octanol–water partition coefficient (Wildman–Crippen LogP) is 6.81. The molecule has 0 spiro atoms. The van der Waals surface area contributed by atoms with Crippen LogP contribution < -0.4 is 15.4 Å². The minimum atomic E-state index is -0.425. The number of aromatic nitrogens is 1. The van der Waals surface area contributed by atoms with Crippen molar-refractivity contribution in [3.8, 4) is 23.0 Å². The Morgan fingerprint density at radius 3 is 2.73 bits per heavy atom. The Morgan fingerprint density at radius 1 is 1.14 bits per heavy atom. The van der Waals surface area contributed by atoms with Gasteiger partial charge < -0.3 is 19.6 Å². The average molecular weight is 576 g/mol. The number of carbonyl (C=O) groups excluding carboxylic acids is 1. The smallest absolute Gasteiger partial charge is 0.261 e. The van der Waals surface area contributed by atoms with Gasteiger partial charge >= 0.3 is 0 Å². The van der Waals surface area contributed by atoms with E-state index in [1.807, 2.05) is 42.5 Å². The van der Waals surface area contributed by atoms with Crippen LogP contribution in [-0.2, 0) is 6.42 Å². The van der Waals surface area contributed by atoms with Crippen LogP contribution in [0.15, 0.2) is 75.6 Å². The summed E-state index contributed by atoms with van der Waals surface area (Å²) in [6, 6.07) is 20.1. The number of halogens is 1. The summed E-state index contributed by atoms with van der Waals surface area (Å²) in [5.41, 5.74) is 3.76. The van der Waals surface area contributed by atoms with Crippen molar-refractivity contribution in [3.63, 3.8) is 0 Å². The zero-order valence-electron chi connectivity index (χ0n) is 20.0. The summed E-state index contributed by atoms with van der Waals surface area (Å²) in [4.78, 5) is 17.6. The molecule has 0 atom stereocenters. The predicted molar refractivity (Wildman–Crippen MR) is 152 cm³/mol. The number of hydrogen-bond acceptors (Lipinski definition) is 6. The Labute approximate surface area is 226 Å². The Kier molecular flexibility index (Phi) is 6.82. The number of rotatable bonds is 5. The SMILES string of the molecule is CCc1ccc2oc(-c3cc(NC(=S)NC(=O)c4cc5ccccc5c(Br)c4OC)ccc3O)nc2c1. The molecule has 5 rings (SSSR count). The van der Waals surface area contributed by atoms with E-state index in [0.717, 1.165) is 22.8 Å². The molecule has 1 aromatic heterocycles. The molecule has 3 N–H and O–H groups in total. The van der Waals surface area contributed by atoms with Gasteiger partial charge in [-0.05, 0) is 87.3 Å². The normalized spacial score (nSPS) is 11.0. The van der Waals surface area contributed by atoms with E-state index >= 15 is 0 Å². The highest BCUT2D eigenvalue weighted by Crippen LogP contribution is 2.37. The number of thiocarbonyl (C=S) groups is 1. The highest BCUT2D eigenvalue weighted by molar-refractivity contribution is 9.10. The maximum absolute atomic E-state index is 13.1. The molecule has 7 nitrogen and oxygen atoms in total. The molecule has 0 unspecified atom stereocenters. The molecular formula is C28H22BrN3O4S. The molecule has 0 aliphatic carbocycles. The van der Waals surface area contributed by atoms with Gasteiger partial charge in [-0.15, -0.1) is 0 Å². The number of methoxy groups -OCH3 is 1. The van der Waals surface area contributed by atoms with Crippen LogP contribution in [0.2, 0.25) is 0 Å². The van der Waals surface area contributed by atoms with Crippen LogP contribution in [0.3, 0.4) is 0 Å². The van der Waals surface area contributed by atoms with Crippen LogP contribution in [0.25, 0.3) is 33.3 Å². The third-order valence-corrected chi connectivity index (χ3v) is 6.95. The highest BCUT2D eigenvalue weighted by atomic mass is 79.9. The van der Waals surface area contributed by atoms with Crippen molar-refractivity contribution >= 4 is 66.7 Å². The highest BCUT2D eigenvalue weighted by Gasteiger charge is 2.20. The van der Waals surface area contributed by atoms with Crippen molar-refractivity contribution in [1.82, 2.24) is 10.3 Å². The first-order valence-electron chi connectivity index (χ1n) is 11.5. The quantitative estimate of drug-likeness (QED) is 0.156. The van der Waals surface area contributed by atoms with E-state index in [9.17, 15) is 9.90 Å². The van der Waals surface area contributed by atoms with Crippen molar-refractivity contribution < 1.29 is 19.1 Å². The minimum Gasteiger partial charge on any atom is -0.507 e. The number of phenolic OH excluding ortho intramolecular Hbond substituents is 1. The van der Waals surface area contributed by atoms with Gasteiger partial charge in [0, 0.05) is 5.69 Å². The van der Waals surface area contributed by atoms with E-state index in [1.165, 1.54) is 13.2 Å². The van der Waals surface area contributed by atoms with Gasteiger partial charge in [-0.2, -0.15) is 0 Å². The van der Waals surface area contributed by atoms with Crippen molar-refractivity contribution in [2.24, 2.45) is 0 Å². The van der Waals surface area contributed by atoms with Gasteiger partial charge in [-0.25, -0.2) is 4.98 Å². The molecule has 0 aliphatic heterocycles. The molecule has 37 heavy (non-hydrogen) atoms. The van der Waals surface area contributed by atoms with E-state index in [1.54, 1.807) is 18.2 Å². The Morgan fingerprint density at radius 2 is 1.95 bits per heavy atom. The Bertz CT molecular complexity index is 1680. The van der Waals surface area contributed by atoms with E-state index < -0.39 is 5.91 Å². The van der Waals surface area contributed by atoms with Crippen LogP contribution in [0.1, 0.15) is 22.8 Å². The number of amides is 1. The van der Waals surface area contributed by atoms with Gasteiger partial charge in [-0.3, -0.25) is 10.1 Å². The summed E-state index contributed by atoms with van der Waals surface area (Å²) in [5, 5.41) is 18.0. The second-order valence-electron chi connectivity index (χ2n) is 8.31. The standard InChI is InChI=1S/C28H22BrN3O4S/c1-3-15-8-11-23-21(12-15)31-27(36-23)19-14-17(9-10-22(19)33)30-28(37)32-26(34)20-13-16-6-4-5-7-18(16)24(29)25(20)35-2/h4-14,33H,3H2,1-2H3,(H2,30,32,34,37). The fourth-order valence-corrected chi connectivity index (χ4v) is 5.03. The number of anilines is 1. The number of oxazole rings is 1. The number of nitrogens with zero attached hydrogens (tertiary/aromatic N) is 1. The number of aromatic hydroxyl groups is 1. The van der Waals surface area contributed by atoms with Crippen LogP contribution in [-0.4, -0.2) is 28.2 Å². The number of benzene rings is 4. The van der Waals surface area contributed by atoms with Crippen LogP contribution in [0, 0.1) is 0 Å². The van der Waals surface area contributed by atoms with Crippen LogP contribution >= 0.6 is 28.1 Å². The van der Waals surface area contributed by atoms with Gasteiger partial charge in [-0.1, -0.05) is 37.3 Å². The van der Waals surface area contributed by atoms with E-state index in [4.69, 9.17) is 21.4 Å². The monoisotopic (exact) mass is 575 g/mol. The molecule has 0 saturated carbocycles. The lowest BCUT2D eigenvalue weighted by atomic mass is 10.1. The molecule has 0 bridgehead atoms. The van der Waals surface area contributed by atoms with Gasteiger partial charge in [0.05, 0.1) is 22.7 Å². The third kappa shape index (κ3) is 4.87. The Balaban J connectivity index is 1.38. The second-order valence-corrected chi connectivity index (χ2v) is 9.51. The summed E-state index contributed by atoms with van der Waals surface area (Å²) in [5.74, 6) is 0.275. The molecule has 0 radical (unpaired) electrons. The number of nitrogens with one attached hydrogen (secondary N) is 2. The molecule has 186 valence electrons. The fourth-order valence-electron chi connectivity index (χ4n) is 4.08. The molecule has 4 aromatic carbocycles. The van der Waals surface area contributed by atoms with E-state index in [-0.39, 0.29) is 16.8 Å². The number of aryl methyl sites for hydroxylation is 1. The molecule has 0 aliphatic rings. The number of fused-ring (bicyclic) bond motifs is 2. The second kappa shape index (κ2) is 10.2. The first-order valence-corrected chi connectivity index (χ1v) is 12.7. The Hall–Kier alpha value is -3.95. The van der Waals surface area contributed by atoms with Crippen LogP contribution in [0.4, 0.5) is 5.69 Å². The average Bonchev–Trinajstić information content (AvgIpc) is 3.32. The maximum Gasteiger partial charge on any atom is 0.261 e. The lowest BCUT2D eigenvalue weighted by Crippen LogP contribution is -2.34. The topological polar surface area (TPSA) is 96.6 Å². The summed E-state index contributed by atoms with van der Waals surface area (Å²) < 4.78 is 12.1. The summed E-state index contributed by atoms with van der Waals surface area (Å²) in [6.07, 6.45) is 0.883. The van der Waals surface area contributed by atoms with Gasteiger partial charge in [0.15, 0.2) is 10.7 Å². The van der Waals surface area contributed by atoms with Crippen molar-refractivity contribution in [3.05, 3.63) is 82.3 Å². The number of carbonyl (C=O) groups is 1. The van der Waals surface area contributed by atoms with Gasteiger partial charge in [0.2, 0.25) is 5.89 Å². The first-order chi connectivity index (χ1) is 17.9. The van der Waals surface area contributed by atoms with Crippen molar-refractivity contribution in [2.75, 3.05) is 12.4 Å². The minimum absolute atomic E-state index is 0.00789. The summed E-state index contributed by atoms with van der Waals surface area (Å²) >= 11 is 8.94. The van der Waals surface area contributed by atoms with Gasteiger partial charge in [0.25, 0.3) is 5.91 Å². The first kappa shape index (κ1) is 24.7. The zero-order valence-corrected chi connectivity index (χ0v) is 22.4. The van der Waals surface area contributed by atoms with Crippen molar-refractivity contribution in [1.29, 1.82) is 0 Å². The number of phenols is 1. The lowest BCUT2D eigenvalue weighted by molar-refractivity contribution is 0.0975. The molecule has 5 aromatic rings. The molecule has 1 heterocycles. The molecule has 1 amide bonds. The zero-order chi connectivity index (χ0) is 26.1. The largest absolute Gasteiger partial charge is 0.507 e. The summed E-state index contributed by atoms with van der Waals surface area (Å²) in [7, 11) is 1.51. The molecule has 0 saturated heterocycles. The third-order valence-electron chi connectivity index (χ3n) is 5.96. The van der Waals surface area contributed by atoms with Gasteiger partial charge in [0.1, 0.15) is 17.0 Å². The van der Waals surface area contributed by atoms with E-state index in [2.05, 4.69) is 38.5 Å². The van der Waals surface area contributed by atoms with Crippen molar-refractivity contribution in [2.45, 2.75) is 13.3 Å². The fraction of sp³-hybridized carbons (Fsp3) is 0.107. The molecular weight excluding hydrogens is 554 g/mol. The summed E-state index contributed by atoms with van der Waals surface area (Å²) in [6.45, 7) is 2.07. The van der Waals surface area contributed by atoms with Crippen LogP contribution in [0.5, 0.6) is 11.5 Å². The lowest BCUT2D eigenvalue weighted by Gasteiger charge is -2.15. The maximum atomic E-state index is 13.1. The molecule has 0 fully saturated rings.